The second-order valence-electron chi connectivity index (χ2n) is 4.31. The molecular weight excluding hydrogens is 226 g/mol. The van der Waals surface area contributed by atoms with Crippen molar-refractivity contribution in [3.05, 3.63) is 57.3 Å². The number of rotatable bonds is 4. The minimum Gasteiger partial charge on any atom is -0.306 e. The second-order valence-corrected chi connectivity index (χ2v) is 5.29. The number of thiophene rings is 1. The van der Waals surface area contributed by atoms with Crippen LogP contribution in [0.3, 0.4) is 0 Å². The molecule has 1 N–H and O–H groups in total. The van der Waals surface area contributed by atoms with E-state index in [1.54, 1.807) is 0 Å². The first-order valence-electron chi connectivity index (χ1n) is 6.07. The molecule has 90 valence electrons. The summed E-state index contributed by atoms with van der Waals surface area (Å²) >= 11 is 1.82. The Labute approximate surface area is 108 Å². The van der Waals surface area contributed by atoms with Gasteiger partial charge >= 0.3 is 0 Å². The summed E-state index contributed by atoms with van der Waals surface area (Å²) in [6, 6.07) is 11.2. The molecule has 2 rings (SSSR count). The minimum atomic E-state index is 0.334. The van der Waals surface area contributed by atoms with E-state index in [0.29, 0.717) is 6.04 Å². The highest BCUT2D eigenvalue weighted by Crippen LogP contribution is 2.30. The number of hydrogen-bond acceptors (Lipinski definition) is 2. The molecule has 0 radical (unpaired) electrons. The van der Waals surface area contributed by atoms with Crippen molar-refractivity contribution in [2.45, 2.75) is 26.8 Å². The zero-order chi connectivity index (χ0) is 12.3. The smallest absolute Gasteiger partial charge is 0.0676 e. The van der Waals surface area contributed by atoms with Crippen LogP contribution in [0.1, 0.15) is 34.5 Å². The van der Waals surface area contributed by atoms with Gasteiger partial charge in [0.25, 0.3) is 0 Å². The first-order valence-corrected chi connectivity index (χ1v) is 6.95. The molecule has 1 atom stereocenters. The number of aryl methyl sites for hydroxylation is 2. The quantitative estimate of drug-likeness (QED) is 0.856. The zero-order valence-electron chi connectivity index (χ0n) is 10.7. The van der Waals surface area contributed by atoms with Crippen LogP contribution >= 0.6 is 11.3 Å². The molecule has 0 aliphatic heterocycles. The summed E-state index contributed by atoms with van der Waals surface area (Å²) in [7, 11) is 0. The van der Waals surface area contributed by atoms with Crippen molar-refractivity contribution < 1.29 is 0 Å². The fourth-order valence-electron chi connectivity index (χ4n) is 2.29. The summed E-state index contributed by atoms with van der Waals surface area (Å²) in [6.07, 6.45) is 0. The summed E-state index contributed by atoms with van der Waals surface area (Å²) in [4.78, 5) is 1.39. The van der Waals surface area contributed by atoms with Crippen molar-refractivity contribution in [1.82, 2.24) is 5.32 Å². The maximum atomic E-state index is 3.59. The molecule has 0 fully saturated rings. The third-order valence-corrected chi connectivity index (χ3v) is 4.00. The lowest BCUT2D eigenvalue weighted by Gasteiger charge is -2.21. The first-order chi connectivity index (χ1) is 8.24. The molecular formula is C15H19NS. The summed E-state index contributed by atoms with van der Waals surface area (Å²) < 4.78 is 0. The highest BCUT2D eigenvalue weighted by Gasteiger charge is 2.17. The van der Waals surface area contributed by atoms with Gasteiger partial charge in [0, 0.05) is 4.88 Å². The monoisotopic (exact) mass is 245 g/mol. The number of nitrogens with one attached hydrogen (secondary N) is 1. The number of benzene rings is 1. The van der Waals surface area contributed by atoms with Gasteiger partial charge in [-0.25, -0.2) is 0 Å². The molecule has 0 amide bonds. The Morgan fingerprint density at radius 2 is 1.82 bits per heavy atom. The SMILES string of the molecule is CCNC(c1cccs1)c1c(C)cccc1C. The van der Waals surface area contributed by atoms with Crippen LogP contribution in [0.15, 0.2) is 35.7 Å². The van der Waals surface area contributed by atoms with E-state index >= 15 is 0 Å². The van der Waals surface area contributed by atoms with Crippen molar-refractivity contribution in [1.29, 1.82) is 0 Å². The van der Waals surface area contributed by atoms with Crippen LogP contribution in [0.2, 0.25) is 0 Å². The Morgan fingerprint density at radius 3 is 2.35 bits per heavy atom. The topological polar surface area (TPSA) is 12.0 Å². The molecule has 1 nitrogen and oxygen atoms in total. The van der Waals surface area contributed by atoms with Crippen LogP contribution in [0.4, 0.5) is 0 Å². The van der Waals surface area contributed by atoms with E-state index in [2.05, 4.69) is 61.8 Å². The van der Waals surface area contributed by atoms with Crippen molar-refractivity contribution in [3.63, 3.8) is 0 Å². The Morgan fingerprint density at radius 1 is 1.12 bits per heavy atom. The van der Waals surface area contributed by atoms with E-state index in [1.807, 2.05) is 11.3 Å². The average molecular weight is 245 g/mol. The summed E-state index contributed by atoms with van der Waals surface area (Å²) in [5.41, 5.74) is 4.16. The van der Waals surface area contributed by atoms with Crippen molar-refractivity contribution in [2.75, 3.05) is 6.54 Å². The minimum absolute atomic E-state index is 0.334. The molecule has 0 bridgehead atoms. The van der Waals surface area contributed by atoms with E-state index in [4.69, 9.17) is 0 Å². The standard InChI is InChI=1S/C15H19NS/c1-4-16-15(13-9-6-10-17-13)14-11(2)7-5-8-12(14)3/h5-10,15-16H,4H2,1-3H3. The molecule has 0 aliphatic carbocycles. The second kappa shape index (κ2) is 5.48. The molecule has 1 unspecified atom stereocenters. The van der Waals surface area contributed by atoms with Gasteiger partial charge in [0.15, 0.2) is 0 Å². The van der Waals surface area contributed by atoms with Gasteiger partial charge in [-0.3, -0.25) is 0 Å². The van der Waals surface area contributed by atoms with Crippen molar-refractivity contribution in [2.24, 2.45) is 0 Å². The molecule has 0 saturated carbocycles. The van der Waals surface area contributed by atoms with Crippen molar-refractivity contribution in [3.8, 4) is 0 Å². The van der Waals surface area contributed by atoms with Crippen LogP contribution in [-0.4, -0.2) is 6.54 Å². The number of hydrogen-bond donors (Lipinski definition) is 1. The van der Waals surface area contributed by atoms with Crippen LogP contribution in [0, 0.1) is 13.8 Å². The maximum Gasteiger partial charge on any atom is 0.0676 e. The fourth-order valence-corrected chi connectivity index (χ4v) is 3.10. The van der Waals surface area contributed by atoms with Gasteiger partial charge in [0.1, 0.15) is 0 Å². The molecule has 0 aliphatic rings. The van der Waals surface area contributed by atoms with E-state index in [-0.39, 0.29) is 0 Å². The lowest BCUT2D eigenvalue weighted by molar-refractivity contribution is 0.633. The average Bonchev–Trinajstić information content (AvgIpc) is 2.80. The maximum absolute atomic E-state index is 3.59. The van der Waals surface area contributed by atoms with E-state index in [0.717, 1.165) is 6.54 Å². The first kappa shape index (κ1) is 12.3. The molecule has 0 spiro atoms. The predicted octanol–water partition coefficient (Wildman–Crippen LogP) is 4.06. The van der Waals surface area contributed by atoms with Crippen LogP contribution in [-0.2, 0) is 0 Å². The molecule has 2 heteroatoms. The van der Waals surface area contributed by atoms with Crippen molar-refractivity contribution >= 4 is 11.3 Å². The zero-order valence-corrected chi connectivity index (χ0v) is 11.5. The predicted molar refractivity (Wildman–Crippen MR) is 75.8 cm³/mol. The Balaban J connectivity index is 2.46. The molecule has 17 heavy (non-hydrogen) atoms. The van der Waals surface area contributed by atoms with Gasteiger partial charge in [-0.15, -0.1) is 11.3 Å². The summed E-state index contributed by atoms with van der Waals surface area (Å²) in [5.74, 6) is 0. The lowest BCUT2D eigenvalue weighted by atomic mass is 9.95. The third kappa shape index (κ3) is 2.59. The molecule has 2 aromatic rings. The van der Waals surface area contributed by atoms with Gasteiger partial charge in [-0.05, 0) is 48.5 Å². The van der Waals surface area contributed by atoms with Gasteiger partial charge in [0.05, 0.1) is 6.04 Å². The van der Waals surface area contributed by atoms with Crippen LogP contribution in [0.25, 0.3) is 0 Å². The van der Waals surface area contributed by atoms with Gasteiger partial charge in [-0.2, -0.15) is 0 Å². The van der Waals surface area contributed by atoms with E-state index in [9.17, 15) is 0 Å². The Hall–Kier alpha value is -1.12. The third-order valence-electron chi connectivity index (χ3n) is 3.07. The largest absolute Gasteiger partial charge is 0.306 e. The van der Waals surface area contributed by atoms with E-state index < -0.39 is 0 Å². The normalized spacial score (nSPS) is 12.6. The molecule has 1 aromatic heterocycles. The lowest BCUT2D eigenvalue weighted by Crippen LogP contribution is -2.22. The van der Waals surface area contributed by atoms with Crippen LogP contribution < -0.4 is 5.32 Å². The molecule has 0 saturated heterocycles. The van der Waals surface area contributed by atoms with Gasteiger partial charge in [-0.1, -0.05) is 31.2 Å². The molecule has 1 heterocycles. The molecule has 1 aromatic carbocycles. The Bertz CT molecular complexity index is 453. The summed E-state index contributed by atoms with van der Waals surface area (Å²) in [5, 5.41) is 5.74. The van der Waals surface area contributed by atoms with Crippen LogP contribution in [0.5, 0.6) is 0 Å². The highest BCUT2D eigenvalue weighted by molar-refractivity contribution is 7.10. The van der Waals surface area contributed by atoms with Gasteiger partial charge in [0.2, 0.25) is 0 Å². The highest BCUT2D eigenvalue weighted by atomic mass is 32.1. The van der Waals surface area contributed by atoms with E-state index in [1.165, 1.54) is 21.6 Å². The van der Waals surface area contributed by atoms with Gasteiger partial charge < -0.3 is 5.32 Å². The summed E-state index contributed by atoms with van der Waals surface area (Å²) in [6.45, 7) is 7.53. The fraction of sp³-hybridized carbons (Fsp3) is 0.333. The Kier molecular flexibility index (Phi) is 3.97.